The summed E-state index contributed by atoms with van der Waals surface area (Å²) in [7, 11) is 0. The number of anilines is 1. The Kier molecular flexibility index (Phi) is 5.58. The fourth-order valence-electron chi connectivity index (χ4n) is 3.89. The second kappa shape index (κ2) is 8.29. The second-order valence-electron chi connectivity index (χ2n) is 7.40. The Morgan fingerprint density at radius 2 is 2.03 bits per heavy atom. The van der Waals surface area contributed by atoms with Gasteiger partial charge in [0.25, 0.3) is 0 Å². The molecule has 1 aromatic heterocycles. The van der Waals surface area contributed by atoms with E-state index in [1.807, 2.05) is 48.7 Å². The van der Waals surface area contributed by atoms with Crippen LogP contribution in [0.15, 0.2) is 48.7 Å². The van der Waals surface area contributed by atoms with E-state index in [0.29, 0.717) is 31.0 Å². The minimum absolute atomic E-state index is 0.120. The summed E-state index contributed by atoms with van der Waals surface area (Å²) < 4.78 is 0. The fourth-order valence-corrected chi connectivity index (χ4v) is 4.06. The van der Waals surface area contributed by atoms with Crippen LogP contribution in [0, 0.1) is 5.92 Å². The maximum absolute atomic E-state index is 12.8. The van der Waals surface area contributed by atoms with E-state index in [2.05, 4.69) is 17.2 Å². The van der Waals surface area contributed by atoms with Gasteiger partial charge in [-0.1, -0.05) is 30.7 Å². The number of hydrogen-bond donors (Lipinski definition) is 2. The van der Waals surface area contributed by atoms with E-state index in [1.165, 1.54) is 5.56 Å². The highest BCUT2D eigenvalue weighted by Crippen LogP contribution is 2.26. The number of fused-ring (bicyclic) bond motifs is 1. The van der Waals surface area contributed by atoms with Crippen molar-refractivity contribution in [3.63, 3.8) is 0 Å². The number of nitrogens with zero attached hydrogens (tertiary/aromatic N) is 1. The van der Waals surface area contributed by atoms with Crippen molar-refractivity contribution in [3.8, 4) is 0 Å². The molecule has 5 nitrogen and oxygen atoms in total. The molecule has 0 unspecified atom stereocenters. The number of aromatic amines is 1. The van der Waals surface area contributed by atoms with Crippen LogP contribution in [0.4, 0.5) is 5.69 Å². The number of H-pyrrole nitrogens is 1. The molecule has 0 saturated carbocycles. The Morgan fingerprint density at radius 3 is 2.79 bits per heavy atom. The molecule has 3 aromatic rings. The zero-order chi connectivity index (χ0) is 20.4. The van der Waals surface area contributed by atoms with Crippen molar-refractivity contribution >= 4 is 40.0 Å². The minimum atomic E-state index is -0.613. The molecule has 0 bridgehead atoms. The Labute approximate surface area is 175 Å². The van der Waals surface area contributed by atoms with E-state index in [1.54, 1.807) is 4.90 Å². The Hall–Kier alpha value is -2.79. The fraction of sp³-hybridized carbons (Fsp3) is 0.304. The number of carbonyl (C=O) groups is 2. The van der Waals surface area contributed by atoms with Crippen molar-refractivity contribution in [1.82, 2.24) is 10.3 Å². The van der Waals surface area contributed by atoms with Crippen LogP contribution in [0.2, 0.25) is 5.02 Å². The molecule has 1 atom stereocenters. The number of aromatic nitrogens is 1. The number of benzene rings is 2. The Balaban J connectivity index is 1.35. The van der Waals surface area contributed by atoms with E-state index in [0.717, 1.165) is 28.6 Å². The maximum atomic E-state index is 12.8. The average Bonchev–Trinajstić information content (AvgIpc) is 3.31. The van der Waals surface area contributed by atoms with Gasteiger partial charge in [0.05, 0.1) is 0 Å². The number of aryl methyl sites for hydroxylation is 1. The van der Waals surface area contributed by atoms with Crippen molar-refractivity contribution in [2.45, 2.75) is 26.2 Å². The van der Waals surface area contributed by atoms with E-state index < -0.39 is 5.92 Å². The van der Waals surface area contributed by atoms with E-state index in [-0.39, 0.29) is 11.8 Å². The second-order valence-corrected chi connectivity index (χ2v) is 7.83. The molecule has 1 saturated heterocycles. The first kappa shape index (κ1) is 19.5. The molecule has 2 heterocycles. The van der Waals surface area contributed by atoms with Gasteiger partial charge in [0.2, 0.25) is 11.8 Å². The largest absolute Gasteiger partial charge is 0.361 e. The lowest BCUT2D eigenvalue weighted by atomic mass is 10.1. The Morgan fingerprint density at radius 1 is 1.24 bits per heavy atom. The van der Waals surface area contributed by atoms with Crippen LogP contribution >= 0.6 is 11.6 Å². The third-order valence-corrected chi connectivity index (χ3v) is 5.84. The van der Waals surface area contributed by atoms with Crippen LogP contribution in [0.5, 0.6) is 0 Å². The van der Waals surface area contributed by atoms with Gasteiger partial charge >= 0.3 is 0 Å². The molecule has 0 radical (unpaired) electrons. The summed E-state index contributed by atoms with van der Waals surface area (Å²) in [6.07, 6.45) is 4.12. The van der Waals surface area contributed by atoms with Gasteiger partial charge in [0, 0.05) is 40.9 Å². The monoisotopic (exact) mass is 409 g/mol. The van der Waals surface area contributed by atoms with Gasteiger partial charge in [-0.05, 0) is 60.7 Å². The molecule has 4 rings (SSSR count). The highest BCUT2D eigenvalue weighted by Gasteiger charge is 2.37. The van der Waals surface area contributed by atoms with Crippen molar-refractivity contribution < 1.29 is 9.59 Å². The first-order valence-electron chi connectivity index (χ1n) is 10.0. The van der Waals surface area contributed by atoms with Crippen molar-refractivity contribution in [2.24, 2.45) is 5.92 Å². The average molecular weight is 410 g/mol. The maximum Gasteiger partial charge on any atom is 0.239 e. The van der Waals surface area contributed by atoms with Gasteiger partial charge in [-0.15, -0.1) is 0 Å². The van der Waals surface area contributed by atoms with Gasteiger partial charge < -0.3 is 15.2 Å². The molecule has 2 N–H and O–H groups in total. The molecule has 6 heteroatoms. The predicted octanol–water partition coefficient (Wildman–Crippen LogP) is 4.10. The summed E-state index contributed by atoms with van der Waals surface area (Å²) in [5.41, 5.74) is 4.20. The standard InChI is InChI=1S/C23H24ClN3O2/c1-2-15-3-6-18(7-4-15)27-12-10-19(23(27)29)22(28)25-11-9-16-14-26-21-8-5-17(24)13-20(16)21/h3-8,13-14,19,26H,2,9-12H2,1H3,(H,25,28)/t19-/m0/s1. The number of amides is 2. The van der Waals surface area contributed by atoms with Gasteiger partial charge in [-0.2, -0.15) is 0 Å². The van der Waals surface area contributed by atoms with Crippen LogP contribution in [0.1, 0.15) is 24.5 Å². The molecule has 2 amide bonds. The number of nitrogens with one attached hydrogen (secondary N) is 2. The minimum Gasteiger partial charge on any atom is -0.361 e. The van der Waals surface area contributed by atoms with Gasteiger partial charge in [-0.25, -0.2) is 0 Å². The SMILES string of the molecule is CCc1ccc(N2CC[C@@H](C(=O)NCCc3c[nH]c4ccc(Cl)cc34)C2=O)cc1. The van der Waals surface area contributed by atoms with E-state index >= 15 is 0 Å². The zero-order valence-electron chi connectivity index (χ0n) is 16.4. The quantitative estimate of drug-likeness (QED) is 0.602. The lowest BCUT2D eigenvalue weighted by molar-refractivity contribution is -0.132. The molecule has 2 aromatic carbocycles. The van der Waals surface area contributed by atoms with Crippen LogP contribution in [-0.2, 0) is 22.4 Å². The molecule has 1 aliphatic heterocycles. The Bertz CT molecular complexity index is 1040. The molecule has 0 spiro atoms. The van der Waals surface area contributed by atoms with Gasteiger partial charge in [0.1, 0.15) is 5.92 Å². The molecule has 1 aliphatic rings. The molecule has 29 heavy (non-hydrogen) atoms. The summed E-state index contributed by atoms with van der Waals surface area (Å²) >= 11 is 6.09. The first-order valence-corrected chi connectivity index (χ1v) is 10.4. The molecule has 0 aliphatic carbocycles. The van der Waals surface area contributed by atoms with Crippen LogP contribution in [-0.4, -0.2) is 29.9 Å². The summed E-state index contributed by atoms with van der Waals surface area (Å²) in [5, 5.41) is 4.68. The summed E-state index contributed by atoms with van der Waals surface area (Å²) in [4.78, 5) is 30.3. The topological polar surface area (TPSA) is 65.2 Å². The highest BCUT2D eigenvalue weighted by atomic mass is 35.5. The van der Waals surface area contributed by atoms with Crippen molar-refractivity contribution in [2.75, 3.05) is 18.0 Å². The number of rotatable bonds is 6. The number of hydrogen-bond acceptors (Lipinski definition) is 2. The van der Waals surface area contributed by atoms with E-state index in [9.17, 15) is 9.59 Å². The number of halogens is 1. The van der Waals surface area contributed by atoms with Crippen LogP contribution in [0.25, 0.3) is 10.9 Å². The third-order valence-electron chi connectivity index (χ3n) is 5.60. The lowest BCUT2D eigenvalue weighted by Gasteiger charge is -2.17. The zero-order valence-corrected chi connectivity index (χ0v) is 17.1. The van der Waals surface area contributed by atoms with Crippen molar-refractivity contribution in [1.29, 1.82) is 0 Å². The molecular weight excluding hydrogens is 386 g/mol. The predicted molar refractivity (Wildman–Crippen MR) is 116 cm³/mol. The lowest BCUT2D eigenvalue weighted by Crippen LogP contribution is -2.37. The molecule has 150 valence electrons. The first-order chi connectivity index (χ1) is 14.1. The normalized spacial score (nSPS) is 16.6. The number of carbonyl (C=O) groups excluding carboxylic acids is 2. The summed E-state index contributed by atoms with van der Waals surface area (Å²) in [5.74, 6) is -0.926. The summed E-state index contributed by atoms with van der Waals surface area (Å²) in [6.45, 7) is 3.15. The third kappa shape index (κ3) is 4.01. The van der Waals surface area contributed by atoms with Crippen molar-refractivity contribution in [3.05, 3.63) is 64.8 Å². The van der Waals surface area contributed by atoms with Crippen LogP contribution in [0.3, 0.4) is 0 Å². The summed E-state index contributed by atoms with van der Waals surface area (Å²) in [6, 6.07) is 13.7. The molecular formula is C23H24ClN3O2. The smallest absolute Gasteiger partial charge is 0.239 e. The van der Waals surface area contributed by atoms with E-state index in [4.69, 9.17) is 11.6 Å². The van der Waals surface area contributed by atoms with Crippen LogP contribution < -0.4 is 10.2 Å². The highest BCUT2D eigenvalue weighted by molar-refractivity contribution is 6.31. The van der Waals surface area contributed by atoms with Gasteiger partial charge in [-0.3, -0.25) is 9.59 Å². The van der Waals surface area contributed by atoms with Gasteiger partial charge in [0.15, 0.2) is 0 Å². The molecule has 1 fully saturated rings.